The van der Waals surface area contributed by atoms with Gasteiger partial charge in [-0.25, -0.2) is 4.39 Å². The highest BCUT2D eigenvalue weighted by molar-refractivity contribution is 5.22. The van der Waals surface area contributed by atoms with Crippen LogP contribution in [0.15, 0.2) is 24.3 Å². The Kier molecular flexibility index (Phi) is 5.12. The van der Waals surface area contributed by atoms with Crippen LogP contribution in [-0.2, 0) is 0 Å². The Labute approximate surface area is 90.4 Å². The van der Waals surface area contributed by atoms with Crippen LogP contribution < -0.4 is 10.1 Å². The van der Waals surface area contributed by atoms with Gasteiger partial charge < -0.3 is 10.1 Å². The molecule has 0 heterocycles. The standard InChI is InChI=1S/C12H18FNO/c1-10(2)9-14-6-7-15-12-5-3-4-11(13)8-12/h3-5,8,10,14H,6-7,9H2,1-2H3. The smallest absolute Gasteiger partial charge is 0.126 e. The number of ether oxygens (including phenoxy) is 1. The summed E-state index contributed by atoms with van der Waals surface area (Å²) in [5, 5.41) is 3.25. The fraction of sp³-hybridized carbons (Fsp3) is 0.500. The van der Waals surface area contributed by atoms with Gasteiger partial charge in [0.05, 0.1) is 0 Å². The second-order valence-corrected chi connectivity index (χ2v) is 3.90. The molecule has 1 aromatic carbocycles. The molecule has 0 aliphatic heterocycles. The maximum Gasteiger partial charge on any atom is 0.126 e. The van der Waals surface area contributed by atoms with Gasteiger partial charge in [-0.2, -0.15) is 0 Å². The van der Waals surface area contributed by atoms with E-state index in [2.05, 4.69) is 19.2 Å². The van der Waals surface area contributed by atoms with Crippen LogP contribution in [0.25, 0.3) is 0 Å². The monoisotopic (exact) mass is 211 g/mol. The van der Waals surface area contributed by atoms with Gasteiger partial charge >= 0.3 is 0 Å². The normalized spacial score (nSPS) is 10.7. The molecule has 0 saturated heterocycles. The Balaban J connectivity index is 2.15. The lowest BCUT2D eigenvalue weighted by Crippen LogP contribution is -2.24. The second-order valence-electron chi connectivity index (χ2n) is 3.90. The third-order valence-corrected chi connectivity index (χ3v) is 1.90. The predicted molar refractivity (Wildman–Crippen MR) is 59.6 cm³/mol. The largest absolute Gasteiger partial charge is 0.492 e. The van der Waals surface area contributed by atoms with Crippen molar-refractivity contribution in [3.63, 3.8) is 0 Å². The molecule has 0 fully saturated rings. The Morgan fingerprint density at radius 1 is 1.40 bits per heavy atom. The Morgan fingerprint density at radius 2 is 2.20 bits per heavy atom. The van der Waals surface area contributed by atoms with Crippen molar-refractivity contribution in [1.29, 1.82) is 0 Å². The molecular weight excluding hydrogens is 193 g/mol. The summed E-state index contributed by atoms with van der Waals surface area (Å²) in [6.45, 7) is 6.64. The topological polar surface area (TPSA) is 21.3 Å². The Hall–Kier alpha value is -1.09. The van der Waals surface area contributed by atoms with Crippen LogP contribution in [0.5, 0.6) is 5.75 Å². The van der Waals surface area contributed by atoms with Crippen LogP contribution in [0.4, 0.5) is 4.39 Å². The third-order valence-electron chi connectivity index (χ3n) is 1.90. The molecule has 15 heavy (non-hydrogen) atoms. The first-order chi connectivity index (χ1) is 7.18. The quantitative estimate of drug-likeness (QED) is 0.730. The molecule has 84 valence electrons. The van der Waals surface area contributed by atoms with E-state index in [1.54, 1.807) is 12.1 Å². The number of rotatable bonds is 6. The fourth-order valence-electron chi connectivity index (χ4n) is 1.19. The summed E-state index contributed by atoms with van der Waals surface area (Å²) >= 11 is 0. The average Bonchev–Trinajstić information content (AvgIpc) is 2.17. The lowest BCUT2D eigenvalue weighted by Gasteiger charge is -2.08. The highest BCUT2D eigenvalue weighted by Crippen LogP contribution is 2.11. The molecule has 0 aromatic heterocycles. The molecule has 2 nitrogen and oxygen atoms in total. The van der Waals surface area contributed by atoms with Gasteiger partial charge in [-0.1, -0.05) is 19.9 Å². The fourth-order valence-corrected chi connectivity index (χ4v) is 1.19. The van der Waals surface area contributed by atoms with Crippen molar-refractivity contribution >= 4 is 0 Å². The minimum atomic E-state index is -0.261. The number of benzene rings is 1. The molecule has 1 N–H and O–H groups in total. The van der Waals surface area contributed by atoms with Crippen LogP contribution in [0, 0.1) is 11.7 Å². The van der Waals surface area contributed by atoms with Gasteiger partial charge in [-0.05, 0) is 24.6 Å². The van der Waals surface area contributed by atoms with E-state index in [9.17, 15) is 4.39 Å². The molecule has 0 radical (unpaired) electrons. The molecule has 0 spiro atoms. The molecular formula is C12H18FNO. The van der Waals surface area contributed by atoms with Gasteiger partial charge in [-0.3, -0.25) is 0 Å². The summed E-state index contributed by atoms with van der Waals surface area (Å²) < 4.78 is 18.1. The van der Waals surface area contributed by atoms with E-state index in [0.29, 0.717) is 18.3 Å². The highest BCUT2D eigenvalue weighted by atomic mass is 19.1. The van der Waals surface area contributed by atoms with E-state index in [1.807, 2.05) is 0 Å². The summed E-state index contributed by atoms with van der Waals surface area (Å²) in [5.74, 6) is 0.961. The van der Waals surface area contributed by atoms with E-state index in [0.717, 1.165) is 13.1 Å². The summed E-state index contributed by atoms with van der Waals surface area (Å²) in [7, 11) is 0. The molecule has 0 aliphatic rings. The van der Waals surface area contributed by atoms with Crippen molar-refractivity contribution in [2.75, 3.05) is 19.7 Å². The van der Waals surface area contributed by atoms with Gasteiger partial charge in [0.15, 0.2) is 0 Å². The summed E-state index contributed by atoms with van der Waals surface area (Å²) in [6.07, 6.45) is 0. The zero-order chi connectivity index (χ0) is 11.1. The lowest BCUT2D eigenvalue weighted by atomic mass is 10.2. The van der Waals surface area contributed by atoms with E-state index >= 15 is 0 Å². The molecule has 0 unspecified atom stereocenters. The van der Waals surface area contributed by atoms with Crippen LogP contribution in [0.1, 0.15) is 13.8 Å². The summed E-state index contributed by atoms with van der Waals surface area (Å²) in [5.41, 5.74) is 0. The second kappa shape index (κ2) is 6.40. The van der Waals surface area contributed by atoms with Gasteiger partial charge in [-0.15, -0.1) is 0 Å². The Bertz CT molecular complexity index is 289. The van der Waals surface area contributed by atoms with Gasteiger partial charge in [0.2, 0.25) is 0 Å². The van der Waals surface area contributed by atoms with Crippen molar-refractivity contribution < 1.29 is 9.13 Å². The molecule has 0 saturated carbocycles. The van der Waals surface area contributed by atoms with E-state index < -0.39 is 0 Å². The molecule has 3 heteroatoms. The van der Waals surface area contributed by atoms with Crippen molar-refractivity contribution in [2.45, 2.75) is 13.8 Å². The number of hydrogen-bond acceptors (Lipinski definition) is 2. The van der Waals surface area contributed by atoms with E-state index in [-0.39, 0.29) is 5.82 Å². The van der Waals surface area contributed by atoms with Crippen molar-refractivity contribution in [3.8, 4) is 5.75 Å². The number of nitrogens with one attached hydrogen (secondary N) is 1. The van der Waals surface area contributed by atoms with Crippen molar-refractivity contribution in [1.82, 2.24) is 5.32 Å². The Morgan fingerprint density at radius 3 is 2.87 bits per heavy atom. The van der Waals surface area contributed by atoms with Crippen LogP contribution in [0.3, 0.4) is 0 Å². The lowest BCUT2D eigenvalue weighted by molar-refractivity contribution is 0.309. The maximum absolute atomic E-state index is 12.8. The van der Waals surface area contributed by atoms with Gasteiger partial charge in [0.25, 0.3) is 0 Å². The first-order valence-corrected chi connectivity index (χ1v) is 5.27. The highest BCUT2D eigenvalue weighted by Gasteiger charge is 1.96. The molecule has 1 aromatic rings. The average molecular weight is 211 g/mol. The first-order valence-electron chi connectivity index (χ1n) is 5.27. The number of halogens is 1. The molecule has 0 aliphatic carbocycles. The van der Waals surface area contributed by atoms with E-state index in [4.69, 9.17) is 4.74 Å². The maximum atomic E-state index is 12.8. The minimum Gasteiger partial charge on any atom is -0.492 e. The van der Waals surface area contributed by atoms with Crippen LogP contribution >= 0.6 is 0 Å². The zero-order valence-corrected chi connectivity index (χ0v) is 9.29. The van der Waals surface area contributed by atoms with E-state index in [1.165, 1.54) is 12.1 Å². The van der Waals surface area contributed by atoms with Gasteiger partial charge in [0, 0.05) is 12.6 Å². The van der Waals surface area contributed by atoms with Gasteiger partial charge in [0.1, 0.15) is 18.2 Å². The zero-order valence-electron chi connectivity index (χ0n) is 9.29. The first kappa shape index (κ1) is 12.0. The minimum absolute atomic E-state index is 0.261. The predicted octanol–water partition coefficient (Wildman–Crippen LogP) is 2.45. The third kappa shape index (κ3) is 5.37. The van der Waals surface area contributed by atoms with Crippen molar-refractivity contribution in [3.05, 3.63) is 30.1 Å². The molecule has 0 atom stereocenters. The molecule has 0 bridgehead atoms. The van der Waals surface area contributed by atoms with Crippen LogP contribution in [0.2, 0.25) is 0 Å². The van der Waals surface area contributed by atoms with Crippen LogP contribution in [-0.4, -0.2) is 19.7 Å². The molecule has 1 rings (SSSR count). The summed E-state index contributed by atoms with van der Waals surface area (Å²) in [4.78, 5) is 0. The van der Waals surface area contributed by atoms with Crippen molar-refractivity contribution in [2.24, 2.45) is 5.92 Å². The molecule has 0 amide bonds. The SMILES string of the molecule is CC(C)CNCCOc1cccc(F)c1. The summed E-state index contributed by atoms with van der Waals surface area (Å²) in [6, 6.07) is 6.20. The number of hydrogen-bond donors (Lipinski definition) is 1.